The lowest BCUT2D eigenvalue weighted by Gasteiger charge is -2.07. The SMILES string of the molecule is Cc1c(Br)ccc2oc(=O)n(-c3ccccc3)c(=O)c12. The summed E-state index contributed by atoms with van der Waals surface area (Å²) in [6.45, 7) is 1.81. The minimum Gasteiger partial charge on any atom is -0.409 e. The number of hydrogen-bond donors (Lipinski definition) is 0. The van der Waals surface area contributed by atoms with Crippen LogP contribution in [0.4, 0.5) is 0 Å². The lowest BCUT2D eigenvalue weighted by molar-refractivity contribution is 0.503. The zero-order valence-corrected chi connectivity index (χ0v) is 12.2. The minimum atomic E-state index is -0.685. The molecule has 0 fully saturated rings. The highest BCUT2D eigenvalue weighted by atomic mass is 79.9. The third kappa shape index (κ3) is 1.91. The number of aryl methyl sites for hydroxylation is 1. The van der Waals surface area contributed by atoms with Crippen molar-refractivity contribution in [2.45, 2.75) is 6.92 Å². The van der Waals surface area contributed by atoms with E-state index in [9.17, 15) is 9.59 Å². The quantitative estimate of drug-likeness (QED) is 0.688. The summed E-state index contributed by atoms with van der Waals surface area (Å²) in [5, 5.41) is 0.405. The van der Waals surface area contributed by atoms with E-state index in [0.717, 1.165) is 14.6 Å². The second-order valence-corrected chi connectivity index (χ2v) is 5.24. The number of hydrogen-bond acceptors (Lipinski definition) is 3. The predicted molar refractivity (Wildman–Crippen MR) is 80.5 cm³/mol. The van der Waals surface area contributed by atoms with E-state index in [1.54, 1.807) is 36.4 Å². The van der Waals surface area contributed by atoms with Crippen LogP contribution in [0.15, 0.2) is 60.9 Å². The molecule has 100 valence electrons. The second kappa shape index (κ2) is 4.76. The summed E-state index contributed by atoms with van der Waals surface area (Å²) in [6, 6.07) is 12.1. The summed E-state index contributed by atoms with van der Waals surface area (Å²) < 4.78 is 7.10. The van der Waals surface area contributed by atoms with Crippen LogP contribution in [-0.4, -0.2) is 4.57 Å². The summed E-state index contributed by atoms with van der Waals surface area (Å²) in [5.41, 5.74) is 1.17. The summed E-state index contributed by atoms with van der Waals surface area (Å²) >= 11 is 3.38. The van der Waals surface area contributed by atoms with Gasteiger partial charge in [0.25, 0.3) is 5.56 Å². The zero-order chi connectivity index (χ0) is 14.3. The van der Waals surface area contributed by atoms with Gasteiger partial charge in [-0.25, -0.2) is 9.36 Å². The molecule has 0 bridgehead atoms. The zero-order valence-electron chi connectivity index (χ0n) is 10.6. The fourth-order valence-electron chi connectivity index (χ4n) is 2.15. The van der Waals surface area contributed by atoms with Crippen LogP contribution >= 0.6 is 15.9 Å². The molecule has 0 unspecified atom stereocenters. The molecule has 20 heavy (non-hydrogen) atoms. The Balaban J connectivity index is 2.50. The number of halogens is 1. The average Bonchev–Trinajstić information content (AvgIpc) is 2.44. The van der Waals surface area contributed by atoms with Crippen LogP contribution in [0.25, 0.3) is 16.7 Å². The topological polar surface area (TPSA) is 52.2 Å². The molecule has 0 aliphatic rings. The van der Waals surface area contributed by atoms with Crippen LogP contribution in [0.1, 0.15) is 5.56 Å². The van der Waals surface area contributed by atoms with Crippen molar-refractivity contribution in [3.63, 3.8) is 0 Å². The van der Waals surface area contributed by atoms with E-state index >= 15 is 0 Å². The maximum atomic E-state index is 12.6. The molecule has 3 rings (SSSR count). The molecule has 4 nitrogen and oxygen atoms in total. The minimum absolute atomic E-state index is 0.299. The van der Waals surface area contributed by atoms with Crippen LogP contribution in [0.3, 0.4) is 0 Å². The number of para-hydroxylation sites is 1. The van der Waals surface area contributed by atoms with Gasteiger partial charge in [-0.1, -0.05) is 34.1 Å². The lowest BCUT2D eigenvalue weighted by atomic mass is 10.1. The van der Waals surface area contributed by atoms with Crippen molar-refractivity contribution in [2.75, 3.05) is 0 Å². The summed E-state index contributed by atoms with van der Waals surface area (Å²) in [7, 11) is 0. The largest absolute Gasteiger partial charge is 0.426 e. The van der Waals surface area contributed by atoms with Crippen molar-refractivity contribution in [2.24, 2.45) is 0 Å². The normalized spacial score (nSPS) is 10.9. The Morgan fingerprint density at radius 3 is 2.45 bits per heavy atom. The molecule has 0 N–H and O–H groups in total. The first-order valence-electron chi connectivity index (χ1n) is 6.00. The molecular formula is C15H10BrNO3. The van der Waals surface area contributed by atoms with Crippen molar-refractivity contribution >= 4 is 26.9 Å². The van der Waals surface area contributed by atoms with Gasteiger partial charge >= 0.3 is 5.76 Å². The van der Waals surface area contributed by atoms with E-state index in [2.05, 4.69) is 15.9 Å². The fourth-order valence-corrected chi connectivity index (χ4v) is 2.48. The molecule has 0 atom stereocenters. The molecule has 5 heteroatoms. The highest BCUT2D eigenvalue weighted by Gasteiger charge is 2.14. The summed E-state index contributed by atoms with van der Waals surface area (Å²) in [5.74, 6) is -0.685. The number of rotatable bonds is 1. The molecule has 0 saturated carbocycles. The van der Waals surface area contributed by atoms with Gasteiger partial charge in [-0.2, -0.15) is 0 Å². The van der Waals surface area contributed by atoms with Gasteiger partial charge in [0.05, 0.1) is 11.1 Å². The van der Waals surface area contributed by atoms with Crippen molar-refractivity contribution in [3.8, 4) is 5.69 Å². The Hall–Kier alpha value is -2.14. The van der Waals surface area contributed by atoms with Gasteiger partial charge in [0, 0.05) is 4.47 Å². The highest BCUT2D eigenvalue weighted by Crippen LogP contribution is 2.22. The molecule has 0 radical (unpaired) electrons. The molecule has 3 aromatic rings. The second-order valence-electron chi connectivity index (χ2n) is 4.39. The molecule has 2 aromatic carbocycles. The monoisotopic (exact) mass is 331 g/mol. The highest BCUT2D eigenvalue weighted by molar-refractivity contribution is 9.10. The summed E-state index contributed by atoms with van der Waals surface area (Å²) in [6.07, 6.45) is 0. The molecular weight excluding hydrogens is 322 g/mol. The Bertz CT molecular complexity index is 910. The average molecular weight is 332 g/mol. The van der Waals surface area contributed by atoms with E-state index < -0.39 is 5.76 Å². The Morgan fingerprint density at radius 1 is 1.05 bits per heavy atom. The molecule has 0 aliphatic carbocycles. The number of benzene rings is 2. The van der Waals surface area contributed by atoms with E-state index in [-0.39, 0.29) is 5.56 Å². The fraction of sp³-hybridized carbons (Fsp3) is 0.0667. The van der Waals surface area contributed by atoms with Gasteiger partial charge in [0.1, 0.15) is 5.58 Å². The van der Waals surface area contributed by atoms with Gasteiger partial charge in [-0.3, -0.25) is 4.79 Å². The molecule has 0 aliphatic heterocycles. The van der Waals surface area contributed by atoms with Crippen LogP contribution in [0.5, 0.6) is 0 Å². The van der Waals surface area contributed by atoms with Gasteiger partial charge in [0.15, 0.2) is 0 Å². The van der Waals surface area contributed by atoms with E-state index in [0.29, 0.717) is 16.7 Å². The van der Waals surface area contributed by atoms with E-state index in [1.807, 2.05) is 13.0 Å². The van der Waals surface area contributed by atoms with Crippen molar-refractivity contribution in [3.05, 3.63) is 73.4 Å². The third-order valence-corrected chi connectivity index (χ3v) is 4.03. The smallest absolute Gasteiger partial charge is 0.409 e. The van der Waals surface area contributed by atoms with Gasteiger partial charge in [0.2, 0.25) is 0 Å². The summed E-state index contributed by atoms with van der Waals surface area (Å²) in [4.78, 5) is 24.6. The van der Waals surface area contributed by atoms with E-state index in [1.165, 1.54) is 0 Å². The van der Waals surface area contributed by atoms with Crippen LogP contribution in [0, 0.1) is 6.92 Å². The van der Waals surface area contributed by atoms with Gasteiger partial charge in [-0.15, -0.1) is 0 Å². The standard InChI is InChI=1S/C15H10BrNO3/c1-9-11(16)7-8-12-13(9)14(18)17(15(19)20-12)10-5-3-2-4-6-10/h2-8H,1H3. The third-order valence-electron chi connectivity index (χ3n) is 3.17. The first-order valence-corrected chi connectivity index (χ1v) is 6.79. The van der Waals surface area contributed by atoms with Crippen molar-refractivity contribution < 1.29 is 4.42 Å². The first-order chi connectivity index (χ1) is 9.59. The Labute approximate surface area is 122 Å². The van der Waals surface area contributed by atoms with Crippen LogP contribution in [-0.2, 0) is 0 Å². The number of nitrogens with zero attached hydrogens (tertiary/aromatic N) is 1. The molecule has 0 spiro atoms. The molecule has 0 amide bonds. The molecule has 1 heterocycles. The van der Waals surface area contributed by atoms with Crippen LogP contribution in [0.2, 0.25) is 0 Å². The molecule has 1 aromatic heterocycles. The maximum absolute atomic E-state index is 12.6. The van der Waals surface area contributed by atoms with Gasteiger partial charge in [-0.05, 0) is 36.8 Å². The van der Waals surface area contributed by atoms with Gasteiger partial charge < -0.3 is 4.42 Å². The number of aromatic nitrogens is 1. The first kappa shape index (κ1) is 12.9. The van der Waals surface area contributed by atoms with E-state index in [4.69, 9.17) is 4.42 Å². The van der Waals surface area contributed by atoms with Crippen LogP contribution < -0.4 is 11.3 Å². The molecule has 0 saturated heterocycles. The Morgan fingerprint density at radius 2 is 1.75 bits per heavy atom. The Kier molecular flexibility index (Phi) is 3.06. The number of fused-ring (bicyclic) bond motifs is 1. The lowest BCUT2D eigenvalue weighted by Crippen LogP contribution is -2.31. The maximum Gasteiger partial charge on any atom is 0.426 e. The van der Waals surface area contributed by atoms with Crippen molar-refractivity contribution in [1.82, 2.24) is 4.57 Å². The predicted octanol–water partition coefficient (Wildman–Crippen LogP) is 3.01. The van der Waals surface area contributed by atoms with Crippen molar-refractivity contribution in [1.29, 1.82) is 0 Å².